The van der Waals surface area contributed by atoms with Gasteiger partial charge in [0.25, 0.3) is 0 Å². The highest BCUT2D eigenvalue weighted by molar-refractivity contribution is 5.69. The molecule has 1 atom stereocenters. The van der Waals surface area contributed by atoms with E-state index in [0.717, 1.165) is 19.4 Å². The van der Waals surface area contributed by atoms with Crippen LogP contribution >= 0.6 is 0 Å². The number of amides is 1. The molecule has 1 rings (SSSR count). The molecular formula is C14H28N2O3. The van der Waals surface area contributed by atoms with Crippen molar-refractivity contribution in [2.45, 2.75) is 71.6 Å². The molecule has 1 amide bonds. The van der Waals surface area contributed by atoms with Crippen molar-refractivity contribution >= 4 is 6.09 Å². The van der Waals surface area contributed by atoms with Crippen molar-refractivity contribution in [1.82, 2.24) is 10.4 Å². The third kappa shape index (κ3) is 6.25. The molecule has 1 N–H and O–H groups in total. The minimum Gasteiger partial charge on any atom is -0.444 e. The highest BCUT2D eigenvalue weighted by atomic mass is 16.7. The summed E-state index contributed by atoms with van der Waals surface area (Å²) in [6.45, 7) is 13.0. The summed E-state index contributed by atoms with van der Waals surface area (Å²) in [7, 11) is 0. The van der Waals surface area contributed by atoms with E-state index in [1.54, 1.807) is 4.90 Å². The topological polar surface area (TPSA) is 50.8 Å². The second kappa shape index (κ2) is 6.09. The molecule has 0 spiro atoms. The molecule has 5 heteroatoms. The SMILES string of the molecule is CC(C)(C)ONCC1CCCN1C(=O)OC(C)(C)C. The predicted octanol–water partition coefficient (Wildman–Crippen LogP) is 2.71. The van der Waals surface area contributed by atoms with Crippen LogP contribution in [0.2, 0.25) is 0 Å². The summed E-state index contributed by atoms with van der Waals surface area (Å²) < 4.78 is 5.42. The molecule has 0 aliphatic carbocycles. The summed E-state index contributed by atoms with van der Waals surface area (Å²) in [5.41, 5.74) is 2.29. The molecule has 1 heterocycles. The van der Waals surface area contributed by atoms with Crippen molar-refractivity contribution < 1.29 is 14.4 Å². The predicted molar refractivity (Wildman–Crippen MR) is 74.8 cm³/mol. The molecule has 0 bridgehead atoms. The van der Waals surface area contributed by atoms with E-state index in [-0.39, 0.29) is 17.7 Å². The van der Waals surface area contributed by atoms with Gasteiger partial charge in [-0.15, -0.1) is 0 Å². The first-order valence-electron chi connectivity index (χ1n) is 6.99. The molecule has 1 aliphatic heterocycles. The smallest absolute Gasteiger partial charge is 0.410 e. The second-order valence-electron chi connectivity index (χ2n) is 7.03. The molecule has 5 nitrogen and oxygen atoms in total. The van der Waals surface area contributed by atoms with Gasteiger partial charge in [-0.3, -0.25) is 4.84 Å². The number of hydrogen-bond acceptors (Lipinski definition) is 4. The minimum atomic E-state index is -0.445. The average molecular weight is 272 g/mol. The van der Waals surface area contributed by atoms with Crippen LogP contribution in [0.4, 0.5) is 4.79 Å². The highest BCUT2D eigenvalue weighted by Gasteiger charge is 2.32. The Morgan fingerprint density at radius 3 is 2.37 bits per heavy atom. The normalized spacial score (nSPS) is 20.7. The van der Waals surface area contributed by atoms with Crippen molar-refractivity contribution in [1.29, 1.82) is 0 Å². The summed E-state index contributed by atoms with van der Waals surface area (Å²) in [6.07, 6.45) is 1.77. The number of hydroxylamine groups is 1. The van der Waals surface area contributed by atoms with Crippen molar-refractivity contribution in [3.05, 3.63) is 0 Å². The van der Waals surface area contributed by atoms with Crippen LogP contribution in [-0.4, -0.2) is 41.3 Å². The zero-order valence-electron chi connectivity index (χ0n) is 13.1. The Kier molecular flexibility index (Phi) is 5.21. The van der Waals surface area contributed by atoms with E-state index in [1.807, 2.05) is 41.5 Å². The molecule has 1 fully saturated rings. The molecule has 1 saturated heterocycles. The van der Waals surface area contributed by atoms with Gasteiger partial charge in [0, 0.05) is 19.1 Å². The van der Waals surface area contributed by atoms with Gasteiger partial charge in [0.15, 0.2) is 0 Å². The summed E-state index contributed by atoms with van der Waals surface area (Å²) >= 11 is 0. The Bertz CT molecular complexity index is 305. The van der Waals surface area contributed by atoms with E-state index in [1.165, 1.54) is 0 Å². The zero-order valence-corrected chi connectivity index (χ0v) is 13.1. The molecule has 0 saturated carbocycles. The molecule has 0 aromatic rings. The number of carbonyl (C=O) groups excluding carboxylic acids is 1. The first kappa shape index (κ1) is 16.2. The molecule has 0 aromatic carbocycles. The fourth-order valence-electron chi connectivity index (χ4n) is 1.96. The molecule has 1 unspecified atom stereocenters. The summed E-state index contributed by atoms with van der Waals surface area (Å²) in [5.74, 6) is 0. The third-order valence-electron chi connectivity index (χ3n) is 2.70. The van der Waals surface area contributed by atoms with Crippen LogP contribution in [0.15, 0.2) is 0 Å². The summed E-state index contributed by atoms with van der Waals surface area (Å²) in [5, 5.41) is 0. The number of nitrogens with one attached hydrogen (secondary N) is 1. The molecule has 0 aromatic heterocycles. The first-order valence-corrected chi connectivity index (χ1v) is 6.99. The van der Waals surface area contributed by atoms with E-state index in [0.29, 0.717) is 6.54 Å². The monoisotopic (exact) mass is 272 g/mol. The van der Waals surface area contributed by atoms with Crippen molar-refractivity contribution in [2.75, 3.05) is 13.1 Å². The maximum Gasteiger partial charge on any atom is 0.410 e. The van der Waals surface area contributed by atoms with Crippen molar-refractivity contribution in [3.8, 4) is 0 Å². The Labute approximate surface area is 116 Å². The van der Waals surface area contributed by atoms with Crippen molar-refractivity contribution in [2.24, 2.45) is 0 Å². The van der Waals surface area contributed by atoms with E-state index >= 15 is 0 Å². The summed E-state index contributed by atoms with van der Waals surface area (Å²) in [6, 6.07) is 0.150. The Hall–Kier alpha value is -0.810. The minimum absolute atomic E-state index is 0.150. The quantitative estimate of drug-likeness (QED) is 0.803. The maximum absolute atomic E-state index is 12.1. The van der Waals surface area contributed by atoms with E-state index in [9.17, 15) is 4.79 Å². The second-order valence-corrected chi connectivity index (χ2v) is 7.03. The first-order chi connectivity index (χ1) is 8.58. The van der Waals surface area contributed by atoms with Gasteiger partial charge in [-0.05, 0) is 54.4 Å². The van der Waals surface area contributed by atoms with E-state index in [2.05, 4.69) is 5.48 Å². The molecule has 19 heavy (non-hydrogen) atoms. The Balaban J connectivity index is 2.43. The number of ether oxygens (including phenoxy) is 1. The van der Waals surface area contributed by atoms with Gasteiger partial charge < -0.3 is 9.64 Å². The standard InChI is InChI=1S/C14H28N2O3/c1-13(2,3)18-12(17)16-9-7-8-11(16)10-15-19-14(4,5)6/h11,15H,7-10H2,1-6H3. The molecule has 1 aliphatic rings. The van der Waals surface area contributed by atoms with Gasteiger partial charge in [0.2, 0.25) is 0 Å². The largest absolute Gasteiger partial charge is 0.444 e. The van der Waals surface area contributed by atoms with Crippen LogP contribution in [0.25, 0.3) is 0 Å². The van der Waals surface area contributed by atoms with Gasteiger partial charge in [0.1, 0.15) is 5.60 Å². The fraction of sp³-hybridized carbons (Fsp3) is 0.929. The summed E-state index contributed by atoms with van der Waals surface area (Å²) in [4.78, 5) is 19.4. The lowest BCUT2D eigenvalue weighted by Crippen LogP contribution is -2.45. The van der Waals surface area contributed by atoms with Gasteiger partial charge in [-0.1, -0.05) is 0 Å². The zero-order chi connectivity index (χ0) is 14.7. The highest BCUT2D eigenvalue weighted by Crippen LogP contribution is 2.20. The Morgan fingerprint density at radius 2 is 1.84 bits per heavy atom. The average Bonchev–Trinajstić information content (AvgIpc) is 2.61. The van der Waals surface area contributed by atoms with Crippen LogP contribution in [0.1, 0.15) is 54.4 Å². The van der Waals surface area contributed by atoms with Gasteiger partial charge in [-0.25, -0.2) is 4.79 Å². The van der Waals surface area contributed by atoms with Gasteiger partial charge >= 0.3 is 6.09 Å². The van der Waals surface area contributed by atoms with Gasteiger partial charge in [-0.2, -0.15) is 5.48 Å². The number of hydrogen-bond donors (Lipinski definition) is 1. The Morgan fingerprint density at radius 1 is 1.21 bits per heavy atom. The van der Waals surface area contributed by atoms with Gasteiger partial charge in [0.05, 0.1) is 5.60 Å². The number of likely N-dealkylation sites (tertiary alicyclic amines) is 1. The number of carbonyl (C=O) groups is 1. The molecular weight excluding hydrogens is 244 g/mol. The maximum atomic E-state index is 12.1. The lowest BCUT2D eigenvalue weighted by Gasteiger charge is -2.29. The van der Waals surface area contributed by atoms with Crippen LogP contribution < -0.4 is 5.48 Å². The van der Waals surface area contributed by atoms with Crippen LogP contribution in [0.3, 0.4) is 0 Å². The van der Waals surface area contributed by atoms with E-state index < -0.39 is 5.60 Å². The molecule has 112 valence electrons. The van der Waals surface area contributed by atoms with Crippen LogP contribution in [-0.2, 0) is 9.57 Å². The number of rotatable bonds is 3. The van der Waals surface area contributed by atoms with Crippen LogP contribution in [0, 0.1) is 0 Å². The lowest BCUT2D eigenvalue weighted by atomic mass is 10.2. The van der Waals surface area contributed by atoms with E-state index in [4.69, 9.17) is 9.57 Å². The fourth-order valence-corrected chi connectivity index (χ4v) is 1.96. The van der Waals surface area contributed by atoms with Crippen molar-refractivity contribution in [3.63, 3.8) is 0 Å². The number of nitrogens with zero attached hydrogens (tertiary/aromatic N) is 1. The third-order valence-corrected chi connectivity index (χ3v) is 2.70. The lowest BCUT2D eigenvalue weighted by molar-refractivity contribution is -0.0780. The van der Waals surface area contributed by atoms with Crippen LogP contribution in [0.5, 0.6) is 0 Å². The molecule has 0 radical (unpaired) electrons.